The van der Waals surface area contributed by atoms with Crippen LogP contribution in [0.2, 0.25) is 0 Å². The summed E-state index contributed by atoms with van der Waals surface area (Å²) in [5.74, 6) is 0.836. The number of nitrogens with zero attached hydrogens (tertiary/aromatic N) is 2. The van der Waals surface area contributed by atoms with Gasteiger partial charge in [-0.05, 0) is 13.3 Å². The number of rotatable bonds is 4. The van der Waals surface area contributed by atoms with Crippen LogP contribution in [0.25, 0.3) is 0 Å². The average Bonchev–Trinajstić information content (AvgIpc) is 2.44. The predicted molar refractivity (Wildman–Crippen MR) is 61.1 cm³/mol. The molecule has 2 N–H and O–H groups in total. The summed E-state index contributed by atoms with van der Waals surface area (Å²) in [4.78, 5) is 0. The van der Waals surface area contributed by atoms with Crippen molar-refractivity contribution >= 4 is 0 Å². The largest absolute Gasteiger partial charge is 0.493 e. The third-order valence-electron chi connectivity index (χ3n) is 2.60. The second kappa shape index (κ2) is 4.23. The van der Waals surface area contributed by atoms with Gasteiger partial charge >= 0.3 is 0 Å². The zero-order valence-electron chi connectivity index (χ0n) is 10.2. The van der Waals surface area contributed by atoms with Gasteiger partial charge in [0.1, 0.15) is 0 Å². The molecule has 0 amide bonds. The number of aryl methyl sites for hydroxylation is 1. The minimum absolute atomic E-state index is 0.0231. The summed E-state index contributed by atoms with van der Waals surface area (Å²) in [5, 5.41) is 4.21. The maximum atomic E-state index is 5.86. The number of hydrogen-bond acceptors (Lipinski definition) is 3. The fourth-order valence-corrected chi connectivity index (χ4v) is 2.24. The van der Waals surface area contributed by atoms with E-state index < -0.39 is 0 Å². The van der Waals surface area contributed by atoms with Gasteiger partial charge in [0, 0.05) is 18.5 Å². The van der Waals surface area contributed by atoms with Crippen LogP contribution in [0.1, 0.15) is 32.9 Å². The van der Waals surface area contributed by atoms with E-state index in [0.29, 0.717) is 0 Å². The van der Waals surface area contributed by atoms with E-state index in [1.54, 1.807) is 13.3 Å². The fourth-order valence-electron chi connectivity index (χ4n) is 2.24. The van der Waals surface area contributed by atoms with Crippen LogP contribution in [0.5, 0.6) is 5.75 Å². The van der Waals surface area contributed by atoms with Gasteiger partial charge in [-0.15, -0.1) is 0 Å². The van der Waals surface area contributed by atoms with E-state index in [4.69, 9.17) is 10.5 Å². The molecule has 0 saturated carbocycles. The van der Waals surface area contributed by atoms with Crippen LogP contribution in [-0.4, -0.2) is 22.9 Å². The molecule has 1 aromatic heterocycles. The van der Waals surface area contributed by atoms with Gasteiger partial charge in [-0.25, -0.2) is 0 Å². The maximum absolute atomic E-state index is 5.86. The van der Waals surface area contributed by atoms with Crippen molar-refractivity contribution in [1.29, 1.82) is 0 Å². The van der Waals surface area contributed by atoms with Gasteiger partial charge in [-0.2, -0.15) is 5.10 Å². The molecule has 0 aliphatic rings. The Labute approximate surface area is 91.4 Å². The summed E-state index contributed by atoms with van der Waals surface area (Å²) in [6.45, 7) is 6.34. The van der Waals surface area contributed by atoms with Crippen LogP contribution < -0.4 is 10.5 Å². The molecule has 4 heteroatoms. The summed E-state index contributed by atoms with van der Waals surface area (Å²) >= 11 is 0. The molecular formula is C11H21N3O. The third kappa shape index (κ3) is 2.50. The van der Waals surface area contributed by atoms with E-state index >= 15 is 0 Å². The monoisotopic (exact) mass is 211 g/mol. The summed E-state index contributed by atoms with van der Waals surface area (Å²) in [5.41, 5.74) is 6.93. The second-order valence-electron chi connectivity index (χ2n) is 4.75. The fraction of sp³-hybridized carbons (Fsp3) is 0.727. The summed E-state index contributed by atoms with van der Waals surface area (Å²) < 4.78 is 7.17. The molecule has 0 fully saturated rings. The van der Waals surface area contributed by atoms with Gasteiger partial charge in [-0.1, -0.05) is 13.8 Å². The van der Waals surface area contributed by atoms with Crippen molar-refractivity contribution < 1.29 is 4.74 Å². The SMILES string of the molecule is COc1cnn(C)c1C(C)(C)CC(C)N. The predicted octanol–water partition coefficient (Wildman–Crippen LogP) is 1.44. The molecule has 1 heterocycles. The molecule has 0 saturated heterocycles. The third-order valence-corrected chi connectivity index (χ3v) is 2.60. The van der Waals surface area contributed by atoms with E-state index in [9.17, 15) is 0 Å². The zero-order valence-corrected chi connectivity index (χ0v) is 10.2. The first-order chi connectivity index (χ1) is 6.88. The van der Waals surface area contributed by atoms with Gasteiger partial charge in [0.05, 0.1) is 19.0 Å². The smallest absolute Gasteiger partial charge is 0.160 e. The Morgan fingerprint density at radius 2 is 2.20 bits per heavy atom. The van der Waals surface area contributed by atoms with Crippen molar-refractivity contribution in [1.82, 2.24) is 9.78 Å². The minimum Gasteiger partial charge on any atom is -0.493 e. The van der Waals surface area contributed by atoms with E-state index in [1.165, 1.54) is 0 Å². The summed E-state index contributed by atoms with van der Waals surface area (Å²) in [6, 6.07) is 0.166. The topological polar surface area (TPSA) is 53.1 Å². The highest BCUT2D eigenvalue weighted by Crippen LogP contribution is 2.34. The number of aromatic nitrogens is 2. The molecule has 86 valence electrons. The van der Waals surface area contributed by atoms with Gasteiger partial charge in [-0.3, -0.25) is 4.68 Å². The highest BCUT2D eigenvalue weighted by atomic mass is 16.5. The molecule has 1 aromatic rings. The van der Waals surface area contributed by atoms with Crippen LogP contribution in [0.4, 0.5) is 0 Å². The van der Waals surface area contributed by atoms with Gasteiger partial charge in [0.25, 0.3) is 0 Å². The Morgan fingerprint density at radius 1 is 1.60 bits per heavy atom. The molecular weight excluding hydrogens is 190 g/mol. The Bertz CT molecular complexity index is 329. The number of methoxy groups -OCH3 is 1. The van der Waals surface area contributed by atoms with Crippen LogP contribution in [0, 0.1) is 0 Å². The van der Waals surface area contributed by atoms with E-state index in [2.05, 4.69) is 18.9 Å². The highest BCUT2D eigenvalue weighted by Gasteiger charge is 2.29. The lowest BCUT2D eigenvalue weighted by Crippen LogP contribution is -2.30. The molecule has 0 bridgehead atoms. The van der Waals surface area contributed by atoms with Crippen molar-refractivity contribution in [3.63, 3.8) is 0 Å². The number of hydrogen-bond donors (Lipinski definition) is 1. The Balaban J connectivity index is 3.07. The zero-order chi connectivity index (χ0) is 11.6. The lowest BCUT2D eigenvalue weighted by atomic mass is 9.82. The molecule has 0 aliphatic heterocycles. The summed E-state index contributed by atoms with van der Waals surface area (Å²) in [7, 11) is 3.60. The molecule has 1 unspecified atom stereocenters. The lowest BCUT2D eigenvalue weighted by Gasteiger charge is -2.27. The molecule has 0 aromatic carbocycles. The maximum Gasteiger partial charge on any atom is 0.160 e. The molecule has 0 radical (unpaired) electrons. The van der Waals surface area contributed by atoms with Gasteiger partial charge < -0.3 is 10.5 Å². The molecule has 4 nitrogen and oxygen atoms in total. The Kier molecular flexibility index (Phi) is 3.39. The van der Waals surface area contributed by atoms with Crippen molar-refractivity contribution in [3.05, 3.63) is 11.9 Å². The number of nitrogens with two attached hydrogens (primary N) is 1. The highest BCUT2D eigenvalue weighted by molar-refractivity contribution is 5.31. The van der Waals surface area contributed by atoms with Crippen molar-refractivity contribution in [2.45, 2.75) is 38.6 Å². The minimum atomic E-state index is -0.0231. The molecule has 1 atom stereocenters. The average molecular weight is 211 g/mol. The molecule has 1 rings (SSSR count). The Hall–Kier alpha value is -1.03. The standard InChI is InChI=1S/C11H21N3O/c1-8(12)6-11(2,3)10-9(15-5)7-13-14(10)4/h7-8H,6,12H2,1-5H3. The van der Waals surface area contributed by atoms with E-state index in [-0.39, 0.29) is 11.5 Å². The molecule has 0 spiro atoms. The van der Waals surface area contributed by atoms with Gasteiger partial charge in [0.2, 0.25) is 0 Å². The van der Waals surface area contributed by atoms with Crippen LogP contribution in [0.15, 0.2) is 6.20 Å². The van der Waals surface area contributed by atoms with Crippen molar-refractivity contribution in [2.24, 2.45) is 12.8 Å². The second-order valence-corrected chi connectivity index (χ2v) is 4.75. The summed E-state index contributed by atoms with van der Waals surface area (Å²) in [6.07, 6.45) is 2.65. The van der Waals surface area contributed by atoms with E-state index in [1.807, 2.05) is 18.7 Å². The first kappa shape index (κ1) is 12.0. The lowest BCUT2D eigenvalue weighted by molar-refractivity contribution is 0.363. The first-order valence-corrected chi connectivity index (χ1v) is 5.20. The number of ether oxygens (including phenoxy) is 1. The van der Waals surface area contributed by atoms with Gasteiger partial charge in [0.15, 0.2) is 5.75 Å². The van der Waals surface area contributed by atoms with Crippen LogP contribution in [-0.2, 0) is 12.5 Å². The van der Waals surface area contributed by atoms with Crippen LogP contribution in [0.3, 0.4) is 0 Å². The first-order valence-electron chi connectivity index (χ1n) is 5.20. The quantitative estimate of drug-likeness (QED) is 0.820. The van der Waals surface area contributed by atoms with Crippen molar-refractivity contribution in [2.75, 3.05) is 7.11 Å². The normalized spacial score (nSPS) is 14.0. The van der Waals surface area contributed by atoms with E-state index in [0.717, 1.165) is 17.9 Å². The van der Waals surface area contributed by atoms with Crippen molar-refractivity contribution in [3.8, 4) is 5.75 Å². The van der Waals surface area contributed by atoms with Crippen LogP contribution >= 0.6 is 0 Å². The molecule has 15 heavy (non-hydrogen) atoms. The Morgan fingerprint density at radius 3 is 2.67 bits per heavy atom. The molecule has 0 aliphatic carbocycles.